The Morgan fingerprint density at radius 2 is 1.39 bits per heavy atom. The number of fused-ring (bicyclic) bond motifs is 1. The summed E-state index contributed by atoms with van der Waals surface area (Å²) in [5.41, 5.74) is 2.20. The Morgan fingerprint density at radius 3 is 1.93 bits per heavy atom. The summed E-state index contributed by atoms with van der Waals surface area (Å²) in [6.07, 6.45) is -1.25. The van der Waals surface area contributed by atoms with Gasteiger partial charge in [0.15, 0.2) is 31.5 Å². The van der Waals surface area contributed by atoms with Crippen LogP contribution in [0.4, 0.5) is 5.82 Å². The lowest BCUT2D eigenvalue weighted by molar-refractivity contribution is -0.0936. The first-order chi connectivity index (χ1) is 33.9. The summed E-state index contributed by atoms with van der Waals surface area (Å²) in [4.78, 5) is 27.3. The molecule has 2 aromatic heterocycles. The molecule has 6 aromatic rings. The van der Waals surface area contributed by atoms with E-state index in [-0.39, 0.29) is 48.5 Å². The van der Waals surface area contributed by atoms with Crippen molar-refractivity contribution in [2.24, 2.45) is 0 Å². The van der Waals surface area contributed by atoms with E-state index in [9.17, 15) is 10.1 Å². The quantitative estimate of drug-likeness (QED) is 0.0311. The van der Waals surface area contributed by atoms with Gasteiger partial charge in [-0.15, -0.1) is 0 Å². The number of carbonyl (C=O) groups is 1. The number of carbonyl (C=O) groups excluding carboxylic acids is 1. The number of anilines is 1. The summed E-state index contributed by atoms with van der Waals surface area (Å²) in [7, 11) is -3.85. The topological polar surface area (TPSA) is 181 Å². The van der Waals surface area contributed by atoms with Crippen molar-refractivity contribution in [2.45, 2.75) is 115 Å². The number of hydrogen-bond acceptors (Lipinski definition) is 13. The first-order valence-corrected chi connectivity index (χ1v) is 28.2. The molecule has 16 nitrogen and oxygen atoms in total. The number of benzene rings is 4. The van der Waals surface area contributed by atoms with E-state index in [1.165, 1.54) is 6.33 Å². The van der Waals surface area contributed by atoms with E-state index in [4.69, 9.17) is 42.4 Å². The van der Waals surface area contributed by atoms with E-state index in [2.05, 4.69) is 50.2 Å². The molecule has 1 unspecified atom stereocenters. The molecule has 0 aliphatic carbocycles. The van der Waals surface area contributed by atoms with Crippen LogP contribution in [-0.4, -0.2) is 96.2 Å². The van der Waals surface area contributed by atoms with E-state index in [0.717, 1.165) is 16.7 Å². The van der Waals surface area contributed by atoms with Crippen molar-refractivity contribution < 1.29 is 41.8 Å². The van der Waals surface area contributed by atoms with Gasteiger partial charge in [0.25, 0.3) is 5.91 Å². The van der Waals surface area contributed by atoms with Gasteiger partial charge >= 0.3 is 7.75 Å². The molecule has 7 rings (SSSR count). The lowest BCUT2D eigenvalue weighted by atomic mass is 9.80. The van der Waals surface area contributed by atoms with Crippen LogP contribution in [-0.2, 0) is 33.1 Å². The molecule has 18 heteroatoms. The van der Waals surface area contributed by atoms with Crippen LogP contribution < -0.4 is 14.8 Å². The Morgan fingerprint density at radius 1 is 0.831 bits per heavy atom. The van der Waals surface area contributed by atoms with Crippen LogP contribution in [0.25, 0.3) is 11.2 Å². The molecule has 1 saturated heterocycles. The first-order valence-electron chi connectivity index (χ1n) is 23.8. The van der Waals surface area contributed by atoms with Gasteiger partial charge < -0.3 is 28.7 Å². The monoisotopic (exact) mass is 1000 g/mol. The molecule has 0 spiro atoms. The van der Waals surface area contributed by atoms with Crippen LogP contribution in [0.15, 0.2) is 122 Å². The van der Waals surface area contributed by atoms with Crippen molar-refractivity contribution in [1.29, 1.82) is 5.26 Å². The van der Waals surface area contributed by atoms with Gasteiger partial charge in [-0.05, 0) is 98.9 Å². The number of aromatic nitrogens is 4. The summed E-state index contributed by atoms with van der Waals surface area (Å²) >= 11 is 0. The minimum atomic E-state index is -4.31. The molecule has 0 saturated carbocycles. The van der Waals surface area contributed by atoms with Gasteiger partial charge in [-0.1, -0.05) is 93.6 Å². The largest absolute Gasteiger partial charge is 0.497 e. The van der Waals surface area contributed by atoms with Crippen LogP contribution in [0.2, 0.25) is 18.1 Å². The molecule has 376 valence electrons. The van der Waals surface area contributed by atoms with Gasteiger partial charge in [-0.2, -0.15) is 5.26 Å². The van der Waals surface area contributed by atoms with Crippen molar-refractivity contribution in [3.63, 3.8) is 0 Å². The fourth-order valence-corrected chi connectivity index (χ4v) is 12.3. The Balaban J connectivity index is 1.43. The SMILES string of the molecule is COc1ccc(C(OC[C@H]2O[C@@H](n3cnc4c(NC(=O)c5ccccc5)ncnc43)[C@H](O[Si](C)(C)C(C)(C)C)[C@@H]2OP(=O)(OCCC#N)N(C(C)C)C(C)C)(c2ccccc2)c2ccc(OC)cc2)cc1. The van der Waals surface area contributed by atoms with E-state index < -0.39 is 46.2 Å². The van der Waals surface area contributed by atoms with Crippen molar-refractivity contribution >= 4 is 39.0 Å². The Bertz CT molecular complexity index is 2750. The number of nitrogens with one attached hydrogen (secondary N) is 1. The van der Waals surface area contributed by atoms with Gasteiger partial charge in [0.2, 0.25) is 0 Å². The molecule has 0 bridgehead atoms. The summed E-state index contributed by atoms with van der Waals surface area (Å²) < 4.78 is 66.2. The second-order valence-electron chi connectivity index (χ2n) is 19.4. The summed E-state index contributed by atoms with van der Waals surface area (Å²) in [5, 5.41) is 12.2. The molecular formula is C53H66N7O9PSi. The van der Waals surface area contributed by atoms with Gasteiger partial charge in [-0.3, -0.25) is 18.4 Å². The first kappa shape index (κ1) is 53.0. The standard InChI is InChI=1S/C53H66N7O9PSi/c1-36(2)60(37(3)4)70(62,66-32-18-31-54)68-46-44(33-65-53(39-21-16-13-17-22-39,40-23-27-42(63-8)28-24-40)41-25-29-43(64-9)30-26-41)67-51(47(46)69-71(10,11)52(5,6)7)59-35-57-45-48(55-34-56-49(45)59)58-50(61)38-19-14-12-15-20-38/h12-17,19-30,34-37,44,46-47,51H,18,32-33H2,1-11H3,(H,55,56,58,61)/t44-,46-,47-,51-,70?/m1/s1. The number of methoxy groups -OCH3 is 2. The van der Waals surface area contributed by atoms with E-state index >= 15 is 4.57 Å². The normalized spacial score (nSPS) is 18.4. The highest BCUT2D eigenvalue weighted by Gasteiger charge is 2.56. The van der Waals surface area contributed by atoms with Gasteiger partial charge in [0.1, 0.15) is 41.7 Å². The summed E-state index contributed by atoms with van der Waals surface area (Å²) in [6, 6.07) is 35.6. The van der Waals surface area contributed by atoms with Gasteiger partial charge in [0, 0.05) is 17.6 Å². The summed E-state index contributed by atoms with van der Waals surface area (Å²) in [5.74, 6) is 1.15. The predicted molar refractivity (Wildman–Crippen MR) is 275 cm³/mol. The number of hydrogen-bond donors (Lipinski definition) is 1. The highest BCUT2D eigenvalue weighted by Crippen LogP contribution is 2.58. The average molecular weight is 1000 g/mol. The Hall–Kier alpha value is -5.80. The molecule has 1 amide bonds. The van der Waals surface area contributed by atoms with Crippen LogP contribution in [0, 0.1) is 11.3 Å². The second kappa shape index (κ2) is 22.3. The Kier molecular flexibility index (Phi) is 16.7. The fraction of sp³-hybridized carbons (Fsp3) is 0.415. The third-order valence-corrected chi connectivity index (χ3v) is 20.1. The smallest absolute Gasteiger partial charge is 0.409 e. The summed E-state index contributed by atoms with van der Waals surface area (Å²) in [6.45, 7) is 18.0. The van der Waals surface area contributed by atoms with E-state index in [0.29, 0.717) is 28.2 Å². The van der Waals surface area contributed by atoms with Crippen molar-refractivity contribution in [3.8, 4) is 17.6 Å². The third kappa shape index (κ3) is 11.3. The minimum Gasteiger partial charge on any atom is -0.497 e. The average Bonchev–Trinajstić information content (AvgIpc) is 3.92. The number of imidazole rings is 1. The molecule has 1 N–H and O–H groups in total. The molecule has 4 aromatic carbocycles. The minimum absolute atomic E-state index is 0.0230. The number of nitrogens with zero attached hydrogens (tertiary/aromatic N) is 6. The lowest BCUT2D eigenvalue weighted by Gasteiger charge is -2.42. The van der Waals surface area contributed by atoms with Crippen LogP contribution in [0.1, 0.15) is 88.2 Å². The van der Waals surface area contributed by atoms with Gasteiger partial charge in [0.05, 0.1) is 46.3 Å². The van der Waals surface area contributed by atoms with Crippen LogP contribution in [0.5, 0.6) is 11.5 Å². The maximum atomic E-state index is 15.9. The number of nitriles is 1. The van der Waals surface area contributed by atoms with Crippen LogP contribution >= 0.6 is 7.75 Å². The molecule has 71 heavy (non-hydrogen) atoms. The zero-order valence-corrected chi connectivity index (χ0v) is 44.3. The maximum Gasteiger partial charge on any atom is 0.409 e. The molecule has 1 fully saturated rings. The molecule has 1 aliphatic rings. The highest BCUT2D eigenvalue weighted by molar-refractivity contribution is 7.51. The van der Waals surface area contributed by atoms with Gasteiger partial charge in [-0.25, -0.2) is 24.2 Å². The Labute approximate surface area is 418 Å². The lowest BCUT2D eigenvalue weighted by Crippen LogP contribution is -2.50. The number of amides is 1. The molecule has 5 atom stereocenters. The van der Waals surface area contributed by atoms with E-state index in [1.807, 2.05) is 113 Å². The zero-order chi connectivity index (χ0) is 51.1. The number of ether oxygens (including phenoxy) is 4. The fourth-order valence-electron chi connectivity index (χ4n) is 8.69. The molecule has 3 heterocycles. The molecular weight excluding hydrogens is 938 g/mol. The molecule has 0 radical (unpaired) electrons. The zero-order valence-electron chi connectivity index (χ0n) is 42.4. The second-order valence-corrected chi connectivity index (χ2v) is 26.1. The number of rotatable bonds is 21. The van der Waals surface area contributed by atoms with Crippen LogP contribution in [0.3, 0.4) is 0 Å². The maximum absolute atomic E-state index is 15.9. The van der Waals surface area contributed by atoms with Crippen molar-refractivity contribution in [1.82, 2.24) is 24.2 Å². The van der Waals surface area contributed by atoms with Crippen molar-refractivity contribution in [2.75, 3.05) is 32.8 Å². The highest BCUT2D eigenvalue weighted by atomic mass is 31.2. The van der Waals surface area contributed by atoms with E-state index in [1.54, 1.807) is 54.0 Å². The van der Waals surface area contributed by atoms with Crippen molar-refractivity contribution in [3.05, 3.63) is 144 Å². The molecule has 1 aliphatic heterocycles. The third-order valence-electron chi connectivity index (χ3n) is 13.1. The predicted octanol–water partition coefficient (Wildman–Crippen LogP) is 10.9.